The topological polar surface area (TPSA) is 88.9 Å². The van der Waals surface area contributed by atoms with Crippen molar-refractivity contribution in [1.29, 1.82) is 0 Å². The molecule has 3 rings (SSSR count). The summed E-state index contributed by atoms with van der Waals surface area (Å²) in [6.45, 7) is 3.71. The van der Waals surface area contributed by atoms with Gasteiger partial charge in [0.05, 0.1) is 11.3 Å². The van der Waals surface area contributed by atoms with Crippen LogP contribution in [0, 0.1) is 13.8 Å². The Kier molecular flexibility index (Phi) is 5.95. The quantitative estimate of drug-likeness (QED) is 0.559. The van der Waals surface area contributed by atoms with Crippen molar-refractivity contribution in [1.82, 2.24) is 20.1 Å². The Morgan fingerprint density at radius 2 is 1.82 bits per heavy atom. The molecule has 3 aromatic rings. The number of pyridine rings is 1. The molecule has 0 aliphatic heterocycles. The fourth-order valence-electron chi connectivity index (χ4n) is 2.77. The van der Waals surface area contributed by atoms with Crippen LogP contribution >= 0.6 is 31.9 Å². The van der Waals surface area contributed by atoms with Crippen molar-refractivity contribution in [3.8, 4) is 5.82 Å². The summed E-state index contributed by atoms with van der Waals surface area (Å²) in [5.41, 5.74) is 2.72. The van der Waals surface area contributed by atoms with Gasteiger partial charge in [0.15, 0.2) is 5.82 Å². The molecule has 144 valence electrons. The van der Waals surface area contributed by atoms with Crippen LogP contribution in [-0.4, -0.2) is 33.6 Å². The van der Waals surface area contributed by atoms with E-state index in [-0.39, 0.29) is 5.91 Å². The zero-order chi connectivity index (χ0) is 20.4. The van der Waals surface area contributed by atoms with Crippen LogP contribution in [0.3, 0.4) is 0 Å². The third-order valence-electron chi connectivity index (χ3n) is 4.11. The second kappa shape index (κ2) is 8.24. The second-order valence-electron chi connectivity index (χ2n) is 6.09. The highest BCUT2D eigenvalue weighted by atomic mass is 79.9. The highest BCUT2D eigenvalue weighted by molar-refractivity contribution is 9.10. The standard InChI is InChI=1S/C19H17Br2N5O2/c1-10-5-4-6-23-17(10)26-14(9-15(21)25-26)19(28)24-16-11(2)7-12(20)8-13(16)18(27)22-3/h4-9H,1-3H3,(H,22,27)(H,24,28). The fraction of sp³-hybridized carbons (Fsp3) is 0.158. The first-order valence-electron chi connectivity index (χ1n) is 8.33. The normalized spacial score (nSPS) is 10.6. The maximum atomic E-state index is 13.1. The maximum absolute atomic E-state index is 13.1. The van der Waals surface area contributed by atoms with E-state index in [0.717, 1.165) is 15.6 Å². The summed E-state index contributed by atoms with van der Waals surface area (Å²) >= 11 is 6.71. The van der Waals surface area contributed by atoms with E-state index in [2.05, 4.69) is 52.6 Å². The average molecular weight is 507 g/mol. The molecule has 0 unspecified atom stereocenters. The Balaban J connectivity index is 2.05. The third-order valence-corrected chi connectivity index (χ3v) is 4.95. The predicted octanol–water partition coefficient (Wildman–Crippen LogP) is 4.02. The van der Waals surface area contributed by atoms with Gasteiger partial charge in [-0.15, -0.1) is 0 Å². The first-order chi connectivity index (χ1) is 13.3. The lowest BCUT2D eigenvalue weighted by molar-refractivity contribution is 0.0964. The number of aryl methyl sites for hydroxylation is 2. The van der Waals surface area contributed by atoms with Crippen molar-refractivity contribution in [3.05, 3.63) is 68.0 Å². The highest BCUT2D eigenvalue weighted by Gasteiger charge is 2.21. The van der Waals surface area contributed by atoms with E-state index in [1.54, 1.807) is 25.4 Å². The van der Waals surface area contributed by atoms with Gasteiger partial charge in [-0.3, -0.25) is 9.59 Å². The van der Waals surface area contributed by atoms with Gasteiger partial charge >= 0.3 is 0 Å². The van der Waals surface area contributed by atoms with Crippen molar-refractivity contribution in [3.63, 3.8) is 0 Å². The largest absolute Gasteiger partial charge is 0.355 e. The van der Waals surface area contributed by atoms with Crippen LogP contribution in [0.4, 0.5) is 5.69 Å². The zero-order valence-electron chi connectivity index (χ0n) is 15.4. The first-order valence-corrected chi connectivity index (χ1v) is 9.91. The number of anilines is 1. The smallest absolute Gasteiger partial charge is 0.274 e. The summed E-state index contributed by atoms with van der Waals surface area (Å²) in [5.74, 6) is -0.147. The average Bonchev–Trinajstić information content (AvgIpc) is 3.05. The minimum atomic E-state index is -0.404. The monoisotopic (exact) mass is 505 g/mol. The summed E-state index contributed by atoms with van der Waals surface area (Å²) < 4.78 is 2.72. The molecule has 0 radical (unpaired) electrons. The summed E-state index contributed by atoms with van der Waals surface area (Å²) in [6, 6.07) is 8.81. The van der Waals surface area contributed by atoms with Crippen molar-refractivity contribution in [2.45, 2.75) is 13.8 Å². The molecule has 0 atom stereocenters. The van der Waals surface area contributed by atoms with Gasteiger partial charge < -0.3 is 10.6 Å². The van der Waals surface area contributed by atoms with Crippen LogP contribution in [0.2, 0.25) is 0 Å². The van der Waals surface area contributed by atoms with Crippen molar-refractivity contribution >= 4 is 49.4 Å². The zero-order valence-corrected chi connectivity index (χ0v) is 18.6. The lowest BCUT2D eigenvalue weighted by atomic mass is 10.1. The van der Waals surface area contributed by atoms with Crippen molar-refractivity contribution in [2.75, 3.05) is 12.4 Å². The van der Waals surface area contributed by atoms with Gasteiger partial charge in [-0.25, -0.2) is 9.67 Å². The number of nitrogens with one attached hydrogen (secondary N) is 2. The van der Waals surface area contributed by atoms with E-state index in [1.807, 2.05) is 32.0 Å². The van der Waals surface area contributed by atoms with Crippen LogP contribution < -0.4 is 10.6 Å². The molecule has 0 aliphatic rings. The number of amides is 2. The molecular weight excluding hydrogens is 490 g/mol. The van der Waals surface area contributed by atoms with Gasteiger partial charge in [0, 0.05) is 23.8 Å². The van der Waals surface area contributed by atoms with Crippen LogP contribution in [0.25, 0.3) is 5.82 Å². The summed E-state index contributed by atoms with van der Waals surface area (Å²) in [4.78, 5) is 29.7. The molecule has 0 aliphatic carbocycles. The summed E-state index contributed by atoms with van der Waals surface area (Å²) in [5, 5.41) is 9.78. The first kappa shape index (κ1) is 20.2. The van der Waals surface area contributed by atoms with Gasteiger partial charge in [-0.2, -0.15) is 5.10 Å². The number of hydrogen-bond donors (Lipinski definition) is 2. The lowest BCUT2D eigenvalue weighted by Crippen LogP contribution is -2.23. The molecule has 2 N–H and O–H groups in total. The van der Waals surface area contributed by atoms with Gasteiger partial charge in [-0.05, 0) is 59.1 Å². The lowest BCUT2D eigenvalue weighted by Gasteiger charge is -2.15. The molecular formula is C19H17Br2N5O2. The van der Waals surface area contributed by atoms with E-state index < -0.39 is 5.91 Å². The Bertz CT molecular complexity index is 1080. The Morgan fingerprint density at radius 3 is 2.50 bits per heavy atom. The van der Waals surface area contributed by atoms with Crippen molar-refractivity contribution in [2.24, 2.45) is 0 Å². The molecule has 2 heterocycles. The van der Waals surface area contributed by atoms with Crippen LogP contribution in [0.1, 0.15) is 32.0 Å². The molecule has 0 saturated heterocycles. The molecule has 0 fully saturated rings. The third kappa shape index (κ3) is 4.00. The Labute approximate surface area is 178 Å². The molecule has 1 aromatic carbocycles. The molecule has 28 heavy (non-hydrogen) atoms. The predicted molar refractivity (Wildman–Crippen MR) is 114 cm³/mol. The minimum Gasteiger partial charge on any atom is -0.355 e. The number of carbonyl (C=O) groups is 2. The van der Waals surface area contributed by atoms with Crippen LogP contribution in [0.15, 0.2) is 45.6 Å². The molecule has 2 aromatic heterocycles. The van der Waals surface area contributed by atoms with Gasteiger partial charge in [0.1, 0.15) is 10.3 Å². The maximum Gasteiger partial charge on any atom is 0.274 e. The van der Waals surface area contributed by atoms with E-state index >= 15 is 0 Å². The van der Waals surface area contributed by atoms with Gasteiger partial charge in [-0.1, -0.05) is 22.0 Å². The van der Waals surface area contributed by atoms with Gasteiger partial charge in [0.2, 0.25) is 0 Å². The SMILES string of the molecule is CNC(=O)c1cc(Br)cc(C)c1NC(=O)c1cc(Br)nn1-c1ncccc1C. The summed E-state index contributed by atoms with van der Waals surface area (Å²) in [6.07, 6.45) is 1.64. The molecule has 9 heteroatoms. The Morgan fingerprint density at radius 1 is 1.07 bits per heavy atom. The molecule has 7 nitrogen and oxygen atoms in total. The molecule has 0 saturated carbocycles. The second-order valence-corrected chi connectivity index (χ2v) is 7.81. The van der Waals surface area contributed by atoms with Crippen LogP contribution in [0.5, 0.6) is 0 Å². The van der Waals surface area contributed by atoms with Crippen molar-refractivity contribution < 1.29 is 9.59 Å². The van der Waals surface area contributed by atoms with E-state index in [9.17, 15) is 9.59 Å². The number of nitrogens with zero attached hydrogens (tertiary/aromatic N) is 3. The minimum absolute atomic E-state index is 0.291. The molecule has 0 bridgehead atoms. The number of halogens is 2. The van der Waals surface area contributed by atoms with Gasteiger partial charge in [0.25, 0.3) is 11.8 Å². The molecule has 2 amide bonds. The summed E-state index contributed by atoms with van der Waals surface area (Å²) in [7, 11) is 1.54. The number of hydrogen-bond acceptors (Lipinski definition) is 4. The number of rotatable bonds is 4. The van der Waals surface area contributed by atoms with E-state index in [4.69, 9.17) is 0 Å². The van der Waals surface area contributed by atoms with Crippen LogP contribution in [-0.2, 0) is 0 Å². The Hall–Kier alpha value is -2.52. The number of carbonyl (C=O) groups excluding carboxylic acids is 2. The van der Waals surface area contributed by atoms with E-state index in [1.165, 1.54) is 4.68 Å². The fourth-order valence-corrected chi connectivity index (χ4v) is 3.72. The number of aromatic nitrogens is 3. The number of benzene rings is 1. The van der Waals surface area contributed by atoms with E-state index in [0.29, 0.717) is 27.4 Å². The molecule has 0 spiro atoms. The highest BCUT2D eigenvalue weighted by Crippen LogP contribution is 2.27.